The Bertz CT molecular complexity index is 523. The van der Waals surface area contributed by atoms with Crippen LogP contribution in [-0.4, -0.2) is 29.1 Å². The van der Waals surface area contributed by atoms with Gasteiger partial charge in [-0.3, -0.25) is 4.18 Å². The number of ether oxygens (including phenoxy) is 1. The molecule has 0 aliphatic rings. The van der Waals surface area contributed by atoms with Crippen LogP contribution in [0.3, 0.4) is 0 Å². The van der Waals surface area contributed by atoms with E-state index in [0.29, 0.717) is 18.0 Å². The molecule has 0 fully saturated rings. The Balaban J connectivity index is 2.01. The molecule has 1 N–H and O–H groups in total. The van der Waals surface area contributed by atoms with E-state index in [2.05, 4.69) is 5.32 Å². The molecule has 0 aliphatic carbocycles. The summed E-state index contributed by atoms with van der Waals surface area (Å²) in [5, 5.41) is 2.73. The van der Waals surface area contributed by atoms with Crippen molar-refractivity contribution in [2.45, 2.75) is 63.9 Å². The molecule has 0 aromatic heterocycles. The molecule has 6 heteroatoms. The summed E-state index contributed by atoms with van der Waals surface area (Å²) in [5.41, 5.74) is 0.671. The topological polar surface area (TPSA) is 64.6 Å². The van der Waals surface area contributed by atoms with Crippen LogP contribution >= 0.6 is 0 Å². The van der Waals surface area contributed by atoms with Gasteiger partial charge in [0, 0.05) is 6.54 Å². The van der Waals surface area contributed by atoms with Gasteiger partial charge in [-0.1, -0.05) is 30.5 Å². The maximum atomic E-state index is 11.9. The molecular formula is C18H29NO4S. The van der Waals surface area contributed by atoms with Crippen LogP contribution in [0.2, 0.25) is 0 Å². The van der Waals surface area contributed by atoms with Crippen LogP contribution in [0.15, 0.2) is 29.2 Å². The van der Waals surface area contributed by atoms with E-state index in [1.54, 1.807) is 0 Å². The number of unbranched alkanes of at least 4 members (excludes halogenated alkanes) is 3. The summed E-state index contributed by atoms with van der Waals surface area (Å²) in [4.78, 5) is 12.1. The molecule has 0 aliphatic heterocycles. The number of rotatable bonds is 9. The third-order valence-electron chi connectivity index (χ3n) is 3.14. The van der Waals surface area contributed by atoms with Crippen LogP contribution in [0.1, 0.15) is 52.0 Å². The number of nitrogens with one attached hydrogen (secondary N) is 1. The van der Waals surface area contributed by atoms with Crippen molar-refractivity contribution in [1.29, 1.82) is 0 Å². The zero-order valence-corrected chi connectivity index (χ0v) is 15.9. The SMILES string of the molecule is Cc1ccc(S(=O)OCCCCCCNC(=O)OC(C)(C)C)cc1. The molecule has 0 spiro atoms. The highest BCUT2D eigenvalue weighted by Crippen LogP contribution is 2.10. The monoisotopic (exact) mass is 355 g/mol. The van der Waals surface area contributed by atoms with Crippen molar-refractivity contribution in [2.75, 3.05) is 13.2 Å². The van der Waals surface area contributed by atoms with Crippen molar-refractivity contribution in [1.82, 2.24) is 5.32 Å². The molecule has 5 nitrogen and oxygen atoms in total. The van der Waals surface area contributed by atoms with Gasteiger partial charge in [-0.2, -0.15) is 0 Å². The van der Waals surface area contributed by atoms with Crippen LogP contribution in [0.5, 0.6) is 0 Å². The predicted octanol–water partition coefficient (Wildman–Crippen LogP) is 4.12. The zero-order chi connectivity index (χ0) is 18.0. The molecule has 0 heterocycles. The third-order valence-corrected chi connectivity index (χ3v) is 4.18. The molecule has 1 aromatic rings. The number of amides is 1. The largest absolute Gasteiger partial charge is 0.444 e. The Morgan fingerprint density at radius 1 is 1.08 bits per heavy atom. The van der Waals surface area contributed by atoms with Gasteiger partial charge in [0.2, 0.25) is 0 Å². The minimum absolute atomic E-state index is 0.376. The van der Waals surface area contributed by atoms with Crippen molar-refractivity contribution in [3.63, 3.8) is 0 Å². The van der Waals surface area contributed by atoms with Crippen LogP contribution in [0, 0.1) is 6.92 Å². The fraction of sp³-hybridized carbons (Fsp3) is 0.611. The number of alkyl carbamates (subject to hydrolysis) is 1. The number of aryl methyl sites for hydroxylation is 1. The first-order valence-electron chi connectivity index (χ1n) is 8.36. The minimum Gasteiger partial charge on any atom is -0.444 e. The molecule has 1 atom stereocenters. The van der Waals surface area contributed by atoms with Crippen LogP contribution in [0.4, 0.5) is 4.79 Å². The minimum atomic E-state index is -1.39. The van der Waals surface area contributed by atoms with Crippen molar-refractivity contribution in [3.05, 3.63) is 29.8 Å². The molecule has 1 amide bonds. The van der Waals surface area contributed by atoms with Crippen molar-refractivity contribution in [3.8, 4) is 0 Å². The highest BCUT2D eigenvalue weighted by molar-refractivity contribution is 7.80. The highest BCUT2D eigenvalue weighted by atomic mass is 32.2. The maximum absolute atomic E-state index is 11.9. The van der Waals surface area contributed by atoms with Gasteiger partial charge < -0.3 is 10.1 Å². The van der Waals surface area contributed by atoms with Crippen LogP contribution in [0.25, 0.3) is 0 Å². The number of hydrogen-bond donors (Lipinski definition) is 1. The van der Waals surface area contributed by atoms with Gasteiger partial charge in [0.1, 0.15) is 5.60 Å². The third kappa shape index (κ3) is 9.67. The summed E-state index contributed by atoms with van der Waals surface area (Å²) in [6.45, 7) is 8.59. The van der Waals surface area contributed by atoms with Gasteiger partial charge in [0.25, 0.3) is 0 Å². The Morgan fingerprint density at radius 2 is 1.71 bits per heavy atom. The van der Waals surface area contributed by atoms with Gasteiger partial charge in [0.15, 0.2) is 11.1 Å². The Hall–Kier alpha value is -1.40. The first-order chi connectivity index (χ1) is 11.3. The van der Waals surface area contributed by atoms with Crippen LogP contribution in [-0.2, 0) is 20.0 Å². The van der Waals surface area contributed by atoms with Crippen molar-refractivity contribution >= 4 is 17.2 Å². The Kier molecular flexibility index (Phi) is 9.00. The van der Waals surface area contributed by atoms with E-state index in [1.807, 2.05) is 52.0 Å². The average molecular weight is 356 g/mol. The fourth-order valence-corrected chi connectivity index (χ4v) is 2.70. The molecule has 1 aromatic carbocycles. The molecule has 136 valence electrons. The molecule has 0 saturated carbocycles. The lowest BCUT2D eigenvalue weighted by Crippen LogP contribution is -2.32. The first-order valence-corrected chi connectivity index (χ1v) is 9.44. The first kappa shape index (κ1) is 20.6. The number of hydrogen-bond acceptors (Lipinski definition) is 4. The second kappa shape index (κ2) is 10.5. The van der Waals surface area contributed by atoms with Crippen molar-refractivity contribution < 1.29 is 17.9 Å². The zero-order valence-electron chi connectivity index (χ0n) is 15.1. The molecule has 24 heavy (non-hydrogen) atoms. The Labute approximate surface area is 147 Å². The lowest BCUT2D eigenvalue weighted by Gasteiger charge is -2.19. The number of carbonyl (C=O) groups excluding carboxylic acids is 1. The summed E-state index contributed by atoms with van der Waals surface area (Å²) in [5.74, 6) is 0. The second-order valence-corrected chi connectivity index (χ2v) is 7.89. The summed E-state index contributed by atoms with van der Waals surface area (Å²) >= 11 is -1.39. The molecule has 0 radical (unpaired) electrons. The van der Waals surface area contributed by atoms with Crippen molar-refractivity contribution in [2.24, 2.45) is 0 Å². The normalized spacial score (nSPS) is 12.7. The fourth-order valence-electron chi connectivity index (χ4n) is 1.94. The van der Waals surface area contributed by atoms with E-state index in [-0.39, 0.29) is 6.09 Å². The van der Waals surface area contributed by atoms with Gasteiger partial charge in [-0.15, -0.1) is 0 Å². The number of benzene rings is 1. The standard InChI is InChI=1S/C18H29NO4S/c1-15-9-11-16(12-10-15)24(21)22-14-8-6-5-7-13-19-17(20)23-18(2,3)4/h9-12H,5-8,13-14H2,1-4H3,(H,19,20). The summed E-state index contributed by atoms with van der Waals surface area (Å²) in [7, 11) is 0. The van der Waals surface area contributed by atoms with E-state index in [1.165, 1.54) is 0 Å². The van der Waals surface area contributed by atoms with Gasteiger partial charge in [0.05, 0.1) is 11.5 Å². The molecular weight excluding hydrogens is 326 g/mol. The van der Waals surface area contributed by atoms with E-state index in [4.69, 9.17) is 8.92 Å². The quantitative estimate of drug-likeness (QED) is 0.677. The van der Waals surface area contributed by atoms with Crippen LogP contribution < -0.4 is 5.32 Å². The highest BCUT2D eigenvalue weighted by Gasteiger charge is 2.15. The van der Waals surface area contributed by atoms with E-state index >= 15 is 0 Å². The molecule has 1 rings (SSSR count). The summed E-state index contributed by atoms with van der Waals surface area (Å²) in [6.07, 6.45) is 3.32. The van der Waals surface area contributed by atoms with Gasteiger partial charge in [-0.05, 0) is 52.7 Å². The smallest absolute Gasteiger partial charge is 0.407 e. The van der Waals surface area contributed by atoms with E-state index in [0.717, 1.165) is 31.2 Å². The summed E-state index contributed by atoms with van der Waals surface area (Å²) in [6, 6.07) is 7.50. The molecule has 0 bridgehead atoms. The second-order valence-electron chi connectivity index (χ2n) is 6.71. The van der Waals surface area contributed by atoms with Gasteiger partial charge in [-0.25, -0.2) is 9.00 Å². The number of carbonyl (C=O) groups is 1. The molecule has 1 unspecified atom stereocenters. The van der Waals surface area contributed by atoms with Gasteiger partial charge >= 0.3 is 6.09 Å². The summed E-state index contributed by atoms with van der Waals surface area (Å²) < 4.78 is 22.4. The molecule has 0 saturated heterocycles. The lowest BCUT2D eigenvalue weighted by atomic mass is 10.2. The predicted molar refractivity (Wildman–Crippen MR) is 96.2 cm³/mol. The Morgan fingerprint density at radius 3 is 2.33 bits per heavy atom. The lowest BCUT2D eigenvalue weighted by molar-refractivity contribution is 0.0527. The van der Waals surface area contributed by atoms with E-state index in [9.17, 15) is 9.00 Å². The average Bonchev–Trinajstić information content (AvgIpc) is 2.48. The van der Waals surface area contributed by atoms with E-state index < -0.39 is 16.7 Å². The maximum Gasteiger partial charge on any atom is 0.407 e.